The van der Waals surface area contributed by atoms with Crippen molar-refractivity contribution in [1.82, 2.24) is 0 Å². The van der Waals surface area contributed by atoms with Gasteiger partial charge in [0.25, 0.3) is 0 Å². The fourth-order valence-electron chi connectivity index (χ4n) is 2.04. The van der Waals surface area contributed by atoms with Crippen LogP contribution in [-0.2, 0) is 0 Å². The minimum absolute atomic E-state index is 0.339. The van der Waals surface area contributed by atoms with Crippen molar-refractivity contribution in [3.05, 3.63) is 58.4 Å². The van der Waals surface area contributed by atoms with Crippen molar-refractivity contribution in [2.24, 2.45) is 0 Å². The van der Waals surface area contributed by atoms with Crippen molar-refractivity contribution in [3.63, 3.8) is 0 Å². The Balaban J connectivity index is 2.47. The number of hydrogen-bond acceptors (Lipinski definition) is 2. The average Bonchev–Trinajstić information content (AvgIpc) is 2.38. The SMILES string of the molecule is Cc1cc(Oc2cccc(C)c2C)c([C@@H](C)O)cc1F. The molecule has 0 radical (unpaired) electrons. The van der Waals surface area contributed by atoms with Crippen LogP contribution in [-0.4, -0.2) is 5.11 Å². The molecule has 2 nitrogen and oxygen atoms in total. The summed E-state index contributed by atoms with van der Waals surface area (Å²) in [6, 6.07) is 8.75. The summed E-state index contributed by atoms with van der Waals surface area (Å²) in [5.74, 6) is 0.875. The number of aliphatic hydroxyl groups excluding tert-OH is 1. The molecule has 0 amide bonds. The van der Waals surface area contributed by atoms with Crippen LogP contribution in [0.1, 0.15) is 35.3 Å². The Morgan fingerprint density at radius 3 is 2.40 bits per heavy atom. The number of benzene rings is 2. The number of aryl methyl sites for hydroxylation is 2. The summed E-state index contributed by atoms with van der Waals surface area (Å²) >= 11 is 0. The fourth-order valence-corrected chi connectivity index (χ4v) is 2.04. The quantitative estimate of drug-likeness (QED) is 0.886. The predicted octanol–water partition coefficient (Wildman–Crippen LogP) is 4.60. The molecule has 0 fully saturated rings. The van der Waals surface area contributed by atoms with E-state index in [0.29, 0.717) is 16.9 Å². The third kappa shape index (κ3) is 2.83. The summed E-state index contributed by atoms with van der Waals surface area (Å²) < 4.78 is 19.5. The van der Waals surface area contributed by atoms with Crippen LogP contribution in [0.25, 0.3) is 0 Å². The molecule has 0 heterocycles. The fraction of sp³-hybridized carbons (Fsp3) is 0.294. The monoisotopic (exact) mass is 274 g/mol. The Labute approximate surface area is 118 Å². The maximum absolute atomic E-state index is 13.6. The van der Waals surface area contributed by atoms with Crippen LogP contribution < -0.4 is 4.74 Å². The zero-order valence-corrected chi connectivity index (χ0v) is 12.2. The zero-order valence-electron chi connectivity index (χ0n) is 12.2. The van der Waals surface area contributed by atoms with Gasteiger partial charge in [-0.1, -0.05) is 12.1 Å². The number of hydrogen-bond donors (Lipinski definition) is 1. The molecule has 2 aromatic rings. The maximum atomic E-state index is 13.6. The Morgan fingerprint density at radius 2 is 1.75 bits per heavy atom. The Hall–Kier alpha value is -1.87. The molecule has 3 heteroatoms. The molecule has 20 heavy (non-hydrogen) atoms. The van der Waals surface area contributed by atoms with E-state index in [1.165, 1.54) is 6.07 Å². The lowest BCUT2D eigenvalue weighted by atomic mass is 10.1. The molecule has 0 aromatic heterocycles. The van der Waals surface area contributed by atoms with E-state index in [1.807, 2.05) is 32.0 Å². The van der Waals surface area contributed by atoms with E-state index in [9.17, 15) is 9.50 Å². The van der Waals surface area contributed by atoms with Crippen LogP contribution in [0.3, 0.4) is 0 Å². The van der Waals surface area contributed by atoms with E-state index in [1.54, 1.807) is 19.9 Å². The molecule has 2 aromatic carbocycles. The van der Waals surface area contributed by atoms with Gasteiger partial charge in [-0.15, -0.1) is 0 Å². The highest BCUT2D eigenvalue weighted by Crippen LogP contribution is 2.33. The molecule has 0 unspecified atom stereocenters. The lowest BCUT2D eigenvalue weighted by molar-refractivity contribution is 0.195. The smallest absolute Gasteiger partial charge is 0.133 e. The van der Waals surface area contributed by atoms with Gasteiger partial charge in [-0.3, -0.25) is 0 Å². The van der Waals surface area contributed by atoms with E-state index in [2.05, 4.69) is 0 Å². The summed E-state index contributed by atoms with van der Waals surface area (Å²) in [6.45, 7) is 7.26. The molecule has 106 valence electrons. The van der Waals surface area contributed by atoms with Crippen LogP contribution >= 0.6 is 0 Å². The highest BCUT2D eigenvalue weighted by atomic mass is 19.1. The van der Waals surface area contributed by atoms with Gasteiger partial charge in [0.1, 0.15) is 17.3 Å². The van der Waals surface area contributed by atoms with Crippen molar-refractivity contribution in [2.75, 3.05) is 0 Å². The number of ether oxygens (including phenoxy) is 1. The van der Waals surface area contributed by atoms with Crippen LogP contribution in [0.5, 0.6) is 11.5 Å². The second kappa shape index (κ2) is 5.63. The molecule has 0 saturated heterocycles. The van der Waals surface area contributed by atoms with E-state index in [0.717, 1.165) is 16.9 Å². The van der Waals surface area contributed by atoms with Crippen LogP contribution in [0, 0.1) is 26.6 Å². The van der Waals surface area contributed by atoms with Gasteiger partial charge in [-0.25, -0.2) is 4.39 Å². The van der Waals surface area contributed by atoms with Gasteiger partial charge in [0.15, 0.2) is 0 Å². The number of aliphatic hydroxyl groups is 1. The van der Waals surface area contributed by atoms with Gasteiger partial charge in [-0.2, -0.15) is 0 Å². The molecule has 0 saturated carbocycles. The molecule has 0 aliphatic carbocycles. The molecule has 2 rings (SSSR count). The van der Waals surface area contributed by atoms with Crippen molar-refractivity contribution in [1.29, 1.82) is 0 Å². The molecule has 0 spiro atoms. The highest BCUT2D eigenvalue weighted by molar-refractivity contribution is 5.45. The molecule has 0 aliphatic rings. The second-order valence-corrected chi connectivity index (χ2v) is 5.12. The Bertz CT molecular complexity index is 633. The van der Waals surface area contributed by atoms with E-state index >= 15 is 0 Å². The van der Waals surface area contributed by atoms with E-state index in [-0.39, 0.29) is 5.82 Å². The van der Waals surface area contributed by atoms with Gasteiger partial charge in [0.05, 0.1) is 6.10 Å². The average molecular weight is 274 g/mol. The Morgan fingerprint density at radius 1 is 1.05 bits per heavy atom. The van der Waals surface area contributed by atoms with Crippen molar-refractivity contribution >= 4 is 0 Å². The van der Waals surface area contributed by atoms with Crippen molar-refractivity contribution < 1.29 is 14.2 Å². The number of rotatable bonds is 3. The summed E-state index contributed by atoms with van der Waals surface area (Å²) in [5, 5.41) is 9.78. The first-order valence-electron chi connectivity index (χ1n) is 6.62. The van der Waals surface area contributed by atoms with E-state index < -0.39 is 6.10 Å². The molecular weight excluding hydrogens is 255 g/mol. The Kier molecular flexibility index (Phi) is 4.09. The molecule has 0 aliphatic heterocycles. The lowest BCUT2D eigenvalue weighted by Crippen LogP contribution is -2.00. The van der Waals surface area contributed by atoms with Crippen molar-refractivity contribution in [2.45, 2.75) is 33.8 Å². The first-order valence-corrected chi connectivity index (χ1v) is 6.62. The largest absolute Gasteiger partial charge is 0.457 e. The first kappa shape index (κ1) is 14.5. The lowest BCUT2D eigenvalue weighted by Gasteiger charge is -2.16. The summed E-state index contributed by atoms with van der Waals surface area (Å²) in [5.41, 5.74) is 3.11. The first-order chi connectivity index (χ1) is 9.40. The molecule has 1 atom stereocenters. The zero-order chi connectivity index (χ0) is 14.9. The molecule has 0 bridgehead atoms. The summed E-state index contributed by atoms with van der Waals surface area (Å²) in [7, 11) is 0. The van der Waals surface area contributed by atoms with Crippen LogP contribution in [0.4, 0.5) is 4.39 Å². The van der Waals surface area contributed by atoms with Gasteiger partial charge in [-0.05, 0) is 62.6 Å². The van der Waals surface area contributed by atoms with Crippen LogP contribution in [0.2, 0.25) is 0 Å². The predicted molar refractivity (Wildman–Crippen MR) is 77.8 cm³/mol. The summed E-state index contributed by atoms with van der Waals surface area (Å²) in [6.07, 6.45) is -0.787. The topological polar surface area (TPSA) is 29.5 Å². The van der Waals surface area contributed by atoms with Crippen molar-refractivity contribution in [3.8, 4) is 11.5 Å². The van der Waals surface area contributed by atoms with Gasteiger partial charge < -0.3 is 9.84 Å². The van der Waals surface area contributed by atoms with Crippen LogP contribution in [0.15, 0.2) is 30.3 Å². The van der Waals surface area contributed by atoms with Gasteiger partial charge >= 0.3 is 0 Å². The van der Waals surface area contributed by atoms with E-state index in [4.69, 9.17) is 4.74 Å². The molecule has 1 N–H and O–H groups in total. The maximum Gasteiger partial charge on any atom is 0.133 e. The minimum atomic E-state index is -0.787. The second-order valence-electron chi connectivity index (χ2n) is 5.12. The standard InChI is InChI=1S/C17H19FO2/c1-10-6-5-7-16(12(10)3)20-17-8-11(2)15(18)9-14(17)13(4)19/h5-9,13,19H,1-4H3/t13-/m1/s1. The third-order valence-corrected chi connectivity index (χ3v) is 3.52. The summed E-state index contributed by atoms with van der Waals surface area (Å²) in [4.78, 5) is 0. The normalized spacial score (nSPS) is 12.3. The molecular formula is C17H19FO2. The van der Waals surface area contributed by atoms with Gasteiger partial charge in [0.2, 0.25) is 0 Å². The number of halogens is 1. The minimum Gasteiger partial charge on any atom is -0.457 e. The third-order valence-electron chi connectivity index (χ3n) is 3.52. The highest BCUT2D eigenvalue weighted by Gasteiger charge is 2.14. The van der Waals surface area contributed by atoms with Gasteiger partial charge in [0, 0.05) is 5.56 Å².